The predicted molar refractivity (Wildman–Crippen MR) is 116 cm³/mol. The van der Waals surface area contributed by atoms with Crippen molar-refractivity contribution in [1.82, 2.24) is 10.3 Å². The summed E-state index contributed by atoms with van der Waals surface area (Å²) in [6.07, 6.45) is 5.23. The summed E-state index contributed by atoms with van der Waals surface area (Å²) in [5, 5.41) is 14.7. The van der Waals surface area contributed by atoms with Crippen molar-refractivity contribution in [2.45, 2.75) is 50.6 Å². The molecule has 8 heteroatoms. The number of benzene rings is 1. The molecule has 2 aromatic rings. The highest BCUT2D eigenvalue weighted by Crippen LogP contribution is 2.34. The topological polar surface area (TPSA) is 112 Å². The molecule has 0 radical (unpaired) electrons. The van der Waals surface area contributed by atoms with Gasteiger partial charge in [0.1, 0.15) is 17.9 Å². The van der Waals surface area contributed by atoms with Crippen LogP contribution in [0.3, 0.4) is 0 Å². The summed E-state index contributed by atoms with van der Waals surface area (Å²) < 4.78 is 0. The number of fused-ring (bicyclic) bond motifs is 1. The van der Waals surface area contributed by atoms with Gasteiger partial charge in [-0.3, -0.25) is 14.5 Å². The van der Waals surface area contributed by atoms with Crippen LogP contribution < -0.4 is 15.5 Å². The molecular formula is C23H26N4O4. The largest absolute Gasteiger partial charge is 0.465 e. The van der Waals surface area contributed by atoms with E-state index in [4.69, 9.17) is 0 Å². The maximum atomic E-state index is 13.7. The number of hydrogen-bond donors (Lipinski definition) is 3. The second kappa shape index (κ2) is 9.16. The molecule has 1 aromatic carbocycles. The van der Waals surface area contributed by atoms with E-state index in [0.717, 1.165) is 37.7 Å². The van der Waals surface area contributed by atoms with Gasteiger partial charge in [0.25, 0.3) is 5.91 Å². The number of nitrogens with zero attached hydrogens (tertiary/aromatic N) is 2. The van der Waals surface area contributed by atoms with Gasteiger partial charge < -0.3 is 15.7 Å². The standard InChI is InChI=1S/C23H26N4O4/c28-21(25-17-11-5-2-6-12-17)18-14-16-10-7-13-24-20(16)27(18)22(29)19(26-23(30)31)15-8-3-1-4-9-15/h2,5-7,10-13,15,18-19,26H,1,3-4,8-9,14H2,(H,25,28)(H,30,31)/t18-,19+/m1/s1. The summed E-state index contributed by atoms with van der Waals surface area (Å²) >= 11 is 0. The molecule has 1 fully saturated rings. The summed E-state index contributed by atoms with van der Waals surface area (Å²) in [4.78, 5) is 44.1. The van der Waals surface area contributed by atoms with Gasteiger partial charge in [-0.1, -0.05) is 43.5 Å². The first-order valence-corrected chi connectivity index (χ1v) is 10.7. The molecule has 162 valence electrons. The van der Waals surface area contributed by atoms with Gasteiger partial charge in [0.15, 0.2) is 0 Å². The van der Waals surface area contributed by atoms with Crippen molar-refractivity contribution in [3.63, 3.8) is 0 Å². The van der Waals surface area contributed by atoms with E-state index >= 15 is 0 Å². The minimum absolute atomic E-state index is 0.0945. The summed E-state index contributed by atoms with van der Waals surface area (Å²) in [6, 6.07) is 11.0. The minimum atomic E-state index is -1.24. The van der Waals surface area contributed by atoms with Crippen LogP contribution in [0.2, 0.25) is 0 Å². The lowest BCUT2D eigenvalue weighted by atomic mass is 9.83. The van der Waals surface area contributed by atoms with Gasteiger partial charge in [0, 0.05) is 18.3 Å². The summed E-state index contributed by atoms with van der Waals surface area (Å²) in [6.45, 7) is 0. The molecule has 1 aromatic heterocycles. The Morgan fingerprint density at radius 3 is 2.48 bits per heavy atom. The highest BCUT2D eigenvalue weighted by molar-refractivity contribution is 6.08. The molecular weight excluding hydrogens is 396 g/mol. The molecule has 0 saturated heterocycles. The number of para-hydroxylation sites is 1. The third-order valence-electron chi connectivity index (χ3n) is 6.07. The molecule has 31 heavy (non-hydrogen) atoms. The Morgan fingerprint density at radius 1 is 1.03 bits per heavy atom. The molecule has 1 aliphatic heterocycles. The number of carboxylic acid groups (broad SMARTS) is 1. The van der Waals surface area contributed by atoms with Gasteiger partial charge in [0.05, 0.1) is 0 Å². The molecule has 3 amide bonds. The molecule has 1 aliphatic carbocycles. The Bertz CT molecular complexity index is 959. The number of carbonyl (C=O) groups is 3. The van der Waals surface area contributed by atoms with Crippen LogP contribution in [-0.4, -0.2) is 40.1 Å². The van der Waals surface area contributed by atoms with E-state index in [-0.39, 0.29) is 11.8 Å². The molecule has 0 bridgehead atoms. The van der Waals surface area contributed by atoms with Crippen LogP contribution in [0.4, 0.5) is 16.3 Å². The number of anilines is 2. The quantitative estimate of drug-likeness (QED) is 0.685. The summed E-state index contributed by atoms with van der Waals surface area (Å²) in [5.41, 5.74) is 1.43. The first-order valence-electron chi connectivity index (χ1n) is 10.7. The normalized spacial score (nSPS) is 19.4. The molecule has 0 spiro atoms. The number of rotatable bonds is 5. The fraction of sp³-hybridized carbons (Fsp3) is 0.391. The number of amides is 3. The van der Waals surface area contributed by atoms with E-state index in [9.17, 15) is 19.5 Å². The number of carbonyl (C=O) groups excluding carboxylic acids is 2. The van der Waals surface area contributed by atoms with Crippen LogP contribution in [0.5, 0.6) is 0 Å². The molecule has 2 atom stereocenters. The zero-order valence-corrected chi connectivity index (χ0v) is 17.2. The molecule has 8 nitrogen and oxygen atoms in total. The highest BCUT2D eigenvalue weighted by atomic mass is 16.4. The van der Waals surface area contributed by atoms with Crippen LogP contribution in [0.25, 0.3) is 0 Å². The fourth-order valence-corrected chi connectivity index (χ4v) is 4.60. The van der Waals surface area contributed by atoms with Crippen molar-refractivity contribution in [3.05, 3.63) is 54.2 Å². The lowest BCUT2D eigenvalue weighted by molar-refractivity contribution is -0.125. The van der Waals surface area contributed by atoms with E-state index in [1.807, 2.05) is 24.3 Å². The third-order valence-corrected chi connectivity index (χ3v) is 6.07. The smallest absolute Gasteiger partial charge is 0.405 e. The zero-order chi connectivity index (χ0) is 21.8. The maximum absolute atomic E-state index is 13.7. The van der Waals surface area contributed by atoms with Crippen LogP contribution in [-0.2, 0) is 16.0 Å². The molecule has 2 heterocycles. The Morgan fingerprint density at radius 2 is 1.77 bits per heavy atom. The van der Waals surface area contributed by atoms with Gasteiger partial charge in [-0.25, -0.2) is 9.78 Å². The van der Waals surface area contributed by atoms with Gasteiger partial charge in [-0.05, 0) is 42.5 Å². The van der Waals surface area contributed by atoms with Crippen molar-refractivity contribution >= 4 is 29.4 Å². The Kier molecular flexibility index (Phi) is 6.16. The lowest BCUT2D eigenvalue weighted by Gasteiger charge is -2.33. The van der Waals surface area contributed by atoms with Crippen molar-refractivity contribution < 1.29 is 19.5 Å². The van der Waals surface area contributed by atoms with E-state index < -0.39 is 24.1 Å². The van der Waals surface area contributed by atoms with Crippen LogP contribution >= 0.6 is 0 Å². The Hall–Kier alpha value is -3.42. The minimum Gasteiger partial charge on any atom is -0.465 e. The first kappa shape index (κ1) is 20.8. The molecule has 2 aliphatic rings. The van der Waals surface area contributed by atoms with Gasteiger partial charge >= 0.3 is 6.09 Å². The molecule has 3 N–H and O–H groups in total. The summed E-state index contributed by atoms with van der Waals surface area (Å²) in [7, 11) is 0. The highest BCUT2D eigenvalue weighted by Gasteiger charge is 2.44. The van der Waals surface area contributed by atoms with Crippen molar-refractivity contribution in [1.29, 1.82) is 0 Å². The van der Waals surface area contributed by atoms with Crippen molar-refractivity contribution in [2.75, 3.05) is 10.2 Å². The number of nitrogens with one attached hydrogen (secondary N) is 2. The lowest BCUT2D eigenvalue weighted by Crippen LogP contribution is -2.56. The molecule has 1 saturated carbocycles. The predicted octanol–water partition coefficient (Wildman–Crippen LogP) is 3.19. The average molecular weight is 422 g/mol. The SMILES string of the molecule is O=C(O)N[C@H](C(=O)N1c2ncccc2C[C@@H]1C(=O)Nc1ccccc1)C1CCCCC1. The number of aromatic nitrogens is 1. The maximum Gasteiger partial charge on any atom is 0.405 e. The molecule has 0 unspecified atom stereocenters. The number of hydrogen-bond acceptors (Lipinski definition) is 4. The van der Waals surface area contributed by atoms with Crippen molar-refractivity contribution in [2.24, 2.45) is 5.92 Å². The van der Waals surface area contributed by atoms with E-state index in [0.29, 0.717) is 17.9 Å². The van der Waals surface area contributed by atoms with Crippen molar-refractivity contribution in [3.8, 4) is 0 Å². The Labute approximate surface area is 180 Å². The van der Waals surface area contributed by atoms with Crippen LogP contribution in [0.1, 0.15) is 37.7 Å². The third kappa shape index (κ3) is 4.52. The van der Waals surface area contributed by atoms with Gasteiger partial charge in [0.2, 0.25) is 5.91 Å². The second-order valence-electron chi connectivity index (χ2n) is 8.09. The van der Waals surface area contributed by atoms with E-state index in [2.05, 4.69) is 15.6 Å². The number of pyridine rings is 1. The van der Waals surface area contributed by atoms with Crippen LogP contribution in [0, 0.1) is 5.92 Å². The first-order chi connectivity index (χ1) is 15.0. The van der Waals surface area contributed by atoms with E-state index in [1.165, 1.54) is 4.90 Å². The monoisotopic (exact) mass is 422 g/mol. The summed E-state index contributed by atoms with van der Waals surface area (Å²) in [5.74, 6) is -0.410. The van der Waals surface area contributed by atoms with Crippen LogP contribution in [0.15, 0.2) is 48.7 Å². The zero-order valence-electron chi connectivity index (χ0n) is 17.2. The second-order valence-corrected chi connectivity index (χ2v) is 8.09. The van der Waals surface area contributed by atoms with Gasteiger partial charge in [-0.15, -0.1) is 0 Å². The Balaban J connectivity index is 1.64. The average Bonchev–Trinajstić information content (AvgIpc) is 3.18. The molecule has 4 rings (SSSR count). The van der Waals surface area contributed by atoms with Gasteiger partial charge in [-0.2, -0.15) is 0 Å². The fourth-order valence-electron chi connectivity index (χ4n) is 4.60. The van der Waals surface area contributed by atoms with E-state index in [1.54, 1.807) is 24.4 Å².